The van der Waals surface area contributed by atoms with Crippen LogP contribution in [0.2, 0.25) is 0 Å². The molecule has 0 amide bonds. The molecule has 0 radical (unpaired) electrons. The van der Waals surface area contributed by atoms with Crippen LogP contribution >= 0.6 is 22.6 Å². The molecule has 1 aromatic heterocycles. The first kappa shape index (κ1) is 9.71. The Morgan fingerprint density at radius 2 is 2.00 bits per heavy atom. The molecule has 2 aromatic rings. The van der Waals surface area contributed by atoms with E-state index in [4.69, 9.17) is 4.42 Å². The number of hydrogen-bond donors (Lipinski definition) is 0. The maximum Gasteiger partial charge on any atom is 0.181 e. The molecule has 0 bridgehead atoms. The van der Waals surface area contributed by atoms with E-state index in [0.29, 0.717) is 0 Å². The highest BCUT2D eigenvalue weighted by Gasteiger charge is 2.06. The number of rotatable bonds is 3. The van der Waals surface area contributed by atoms with E-state index < -0.39 is 0 Å². The van der Waals surface area contributed by atoms with Crippen molar-refractivity contribution >= 4 is 22.6 Å². The molecule has 0 fully saturated rings. The Labute approximate surface area is 96.5 Å². The molecule has 14 heavy (non-hydrogen) atoms. The summed E-state index contributed by atoms with van der Waals surface area (Å²) in [5.41, 5.74) is 2.32. The summed E-state index contributed by atoms with van der Waals surface area (Å²) < 4.78 is 6.14. The van der Waals surface area contributed by atoms with Crippen LogP contribution < -0.4 is 0 Å². The van der Waals surface area contributed by atoms with E-state index in [9.17, 15) is 0 Å². The summed E-state index contributed by atoms with van der Waals surface area (Å²) in [5, 5.41) is 0. The molecular formula is C11H10INO. The van der Waals surface area contributed by atoms with Crippen molar-refractivity contribution in [2.45, 2.75) is 10.8 Å². The molecule has 0 spiro atoms. The number of alkyl halides is 1. The summed E-state index contributed by atoms with van der Waals surface area (Å²) >= 11 is 2.28. The summed E-state index contributed by atoms with van der Waals surface area (Å²) in [4.78, 5) is 4.21. The number of hydrogen-bond acceptors (Lipinski definition) is 2. The number of nitrogens with zero attached hydrogens (tertiary/aromatic N) is 1. The number of halogens is 1. The Kier molecular flexibility index (Phi) is 3.18. The minimum absolute atomic E-state index is 0.857. The average molecular weight is 299 g/mol. The topological polar surface area (TPSA) is 26.0 Å². The van der Waals surface area contributed by atoms with Crippen LogP contribution in [0.5, 0.6) is 0 Å². The van der Waals surface area contributed by atoms with Crippen molar-refractivity contribution in [3.05, 3.63) is 53.7 Å². The third-order valence-corrected chi connectivity index (χ3v) is 2.75. The smallest absolute Gasteiger partial charge is 0.181 e. The number of aromatic nitrogens is 1. The van der Waals surface area contributed by atoms with E-state index in [1.165, 1.54) is 12.0 Å². The van der Waals surface area contributed by atoms with Crippen LogP contribution in [-0.2, 0) is 10.8 Å². The normalized spacial score (nSPS) is 10.4. The van der Waals surface area contributed by atoms with Gasteiger partial charge in [0.1, 0.15) is 5.76 Å². The molecule has 0 N–H and O–H groups in total. The first-order valence-corrected chi connectivity index (χ1v) is 5.94. The standard InChI is InChI=1S/C11H10INO/c12-7-11-10(13-8-14-11)6-9-4-2-1-3-5-9/h1-5,8H,6-7H2. The Morgan fingerprint density at radius 1 is 1.21 bits per heavy atom. The lowest BCUT2D eigenvalue weighted by Gasteiger charge is -1.98. The summed E-state index contributed by atoms with van der Waals surface area (Å²) in [6.07, 6.45) is 2.38. The van der Waals surface area contributed by atoms with Gasteiger partial charge in [0.2, 0.25) is 0 Å². The van der Waals surface area contributed by atoms with Crippen molar-refractivity contribution in [2.75, 3.05) is 0 Å². The molecule has 72 valence electrons. The SMILES string of the molecule is ICc1ocnc1Cc1ccccc1. The monoisotopic (exact) mass is 299 g/mol. The van der Waals surface area contributed by atoms with Gasteiger partial charge in [0.25, 0.3) is 0 Å². The molecule has 3 heteroatoms. The van der Waals surface area contributed by atoms with Gasteiger partial charge in [-0.1, -0.05) is 52.9 Å². The van der Waals surface area contributed by atoms with Crippen LogP contribution in [0.15, 0.2) is 41.1 Å². The number of benzene rings is 1. The van der Waals surface area contributed by atoms with Crippen LogP contribution in [-0.4, -0.2) is 4.98 Å². The predicted octanol–water partition coefficient (Wildman–Crippen LogP) is 3.20. The molecule has 0 aliphatic carbocycles. The molecule has 0 atom stereocenters. The van der Waals surface area contributed by atoms with E-state index in [2.05, 4.69) is 39.7 Å². The van der Waals surface area contributed by atoms with Gasteiger partial charge in [-0.15, -0.1) is 0 Å². The van der Waals surface area contributed by atoms with Gasteiger partial charge in [-0.05, 0) is 5.56 Å². The van der Waals surface area contributed by atoms with Gasteiger partial charge in [-0.3, -0.25) is 0 Å². The molecule has 0 unspecified atom stereocenters. The Morgan fingerprint density at radius 3 is 2.71 bits per heavy atom. The summed E-state index contributed by atoms with van der Waals surface area (Å²) in [5.74, 6) is 0.981. The molecular weight excluding hydrogens is 289 g/mol. The van der Waals surface area contributed by atoms with Crippen molar-refractivity contribution in [3.8, 4) is 0 Å². The van der Waals surface area contributed by atoms with Crippen LogP contribution in [0, 0.1) is 0 Å². The van der Waals surface area contributed by atoms with Gasteiger partial charge in [0.15, 0.2) is 6.39 Å². The van der Waals surface area contributed by atoms with E-state index in [-0.39, 0.29) is 0 Å². The van der Waals surface area contributed by atoms with E-state index >= 15 is 0 Å². The summed E-state index contributed by atoms with van der Waals surface area (Å²) in [6.45, 7) is 0. The Hall–Kier alpha value is -0.840. The fourth-order valence-electron chi connectivity index (χ4n) is 1.34. The van der Waals surface area contributed by atoms with E-state index in [0.717, 1.165) is 22.3 Å². The maximum absolute atomic E-state index is 5.27. The summed E-state index contributed by atoms with van der Waals surface area (Å²) in [7, 11) is 0. The molecule has 2 nitrogen and oxygen atoms in total. The van der Waals surface area contributed by atoms with Crippen molar-refractivity contribution in [3.63, 3.8) is 0 Å². The van der Waals surface area contributed by atoms with Gasteiger partial charge < -0.3 is 4.42 Å². The second-order valence-electron chi connectivity index (χ2n) is 3.02. The van der Waals surface area contributed by atoms with Gasteiger partial charge in [-0.2, -0.15) is 0 Å². The highest BCUT2D eigenvalue weighted by atomic mass is 127. The molecule has 0 saturated carbocycles. The lowest BCUT2D eigenvalue weighted by Crippen LogP contribution is -1.91. The van der Waals surface area contributed by atoms with Gasteiger partial charge in [-0.25, -0.2) is 4.98 Å². The van der Waals surface area contributed by atoms with Crippen molar-refractivity contribution in [1.82, 2.24) is 4.98 Å². The second-order valence-corrected chi connectivity index (χ2v) is 3.78. The molecule has 1 aromatic carbocycles. The first-order valence-electron chi connectivity index (χ1n) is 4.41. The lowest BCUT2D eigenvalue weighted by molar-refractivity contribution is 0.523. The molecule has 2 rings (SSSR count). The van der Waals surface area contributed by atoms with Crippen LogP contribution in [0.1, 0.15) is 17.0 Å². The van der Waals surface area contributed by atoms with E-state index in [1.807, 2.05) is 18.2 Å². The molecule has 0 aliphatic heterocycles. The number of oxazole rings is 1. The Balaban J connectivity index is 2.19. The molecule has 1 heterocycles. The Bertz CT molecular complexity index is 397. The summed E-state index contributed by atoms with van der Waals surface area (Å²) in [6, 6.07) is 10.3. The van der Waals surface area contributed by atoms with Crippen molar-refractivity contribution in [2.24, 2.45) is 0 Å². The lowest BCUT2D eigenvalue weighted by atomic mass is 10.1. The minimum Gasteiger partial charge on any atom is -0.447 e. The van der Waals surface area contributed by atoms with Crippen LogP contribution in [0.3, 0.4) is 0 Å². The third-order valence-electron chi connectivity index (χ3n) is 2.06. The predicted molar refractivity (Wildman–Crippen MR) is 63.5 cm³/mol. The van der Waals surface area contributed by atoms with Crippen molar-refractivity contribution < 1.29 is 4.42 Å². The maximum atomic E-state index is 5.27. The molecule has 0 saturated heterocycles. The highest BCUT2D eigenvalue weighted by Crippen LogP contribution is 2.15. The van der Waals surface area contributed by atoms with Crippen molar-refractivity contribution in [1.29, 1.82) is 0 Å². The zero-order valence-electron chi connectivity index (χ0n) is 7.61. The fraction of sp³-hybridized carbons (Fsp3) is 0.182. The van der Waals surface area contributed by atoms with Crippen LogP contribution in [0.25, 0.3) is 0 Å². The van der Waals surface area contributed by atoms with Gasteiger partial charge in [0, 0.05) is 6.42 Å². The molecule has 0 aliphatic rings. The zero-order valence-corrected chi connectivity index (χ0v) is 9.77. The van der Waals surface area contributed by atoms with Gasteiger partial charge >= 0.3 is 0 Å². The average Bonchev–Trinajstić information content (AvgIpc) is 2.67. The van der Waals surface area contributed by atoms with E-state index in [1.54, 1.807) is 0 Å². The third kappa shape index (κ3) is 2.15. The zero-order chi connectivity index (χ0) is 9.80. The fourth-order valence-corrected chi connectivity index (χ4v) is 1.96. The largest absolute Gasteiger partial charge is 0.447 e. The highest BCUT2D eigenvalue weighted by molar-refractivity contribution is 14.1. The van der Waals surface area contributed by atoms with Crippen LogP contribution in [0.4, 0.5) is 0 Å². The van der Waals surface area contributed by atoms with Gasteiger partial charge in [0.05, 0.1) is 10.1 Å². The minimum atomic E-state index is 0.857. The quantitative estimate of drug-likeness (QED) is 0.642. The second kappa shape index (κ2) is 4.59. The first-order chi connectivity index (χ1) is 6.90.